The molecule has 0 radical (unpaired) electrons. The maximum Gasteiger partial charge on any atom is 0.464 e. The average molecular weight is 428 g/mol. The summed E-state index contributed by atoms with van der Waals surface area (Å²) in [5.41, 5.74) is 3.37. The fraction of sp³-hybridized carbons (Fsp3) is 0.280. The van der Waals surface area contributed by atoms with Crippen LogP contribution in [0.5, 0.6) is 5.75 Å². The number of methoxy groups -OCH3 is 1. The fourth-order valence-electron chi connectivity index (χ4n) is 4.36. The van der Waals surface area contributed by atoms with E-state index in [1.54, 1.807) is 7.11 Å². The second-order valence-corrected chi connectivity index (χ2v) is 8.15. The highest BCUT2D eigenvalue weighted by Gasteiger charge is 2.44. The third kappa shape index (κ3) is 4.76. The summed E-state index contributed by atoms with van der Waals surface area (Å²) in [4.78, 5) is 0. The van der Waals surface area contributed by atoms with Crippen LogP contribution in [0, 0.1) is 0 Å². The van der Waals surface area contributed by atoms with Gasteiger partial charge in [0.05, 0.1) is 32.5 Å². The van der Waals surface area contributed by atoms with Crippen molar-refractivity contribution in [1.29, 1.82) is 0 Å². The normalized spacial score (nSPS) is 21.7. The van der Waals surface area contributed by atoms with Crippen molar-refractivity contribution >= 4 is 14.2 Å². The maximum atomic E-state index is 6.38. The van der Waals surface area contributed by atoms with Gasteiger partial charge in [0.15, 0.2) is 0 Å². The average Bonchev–Trinajstić information content (AvgIpc) is 3.54. The molecule has 162 valence electrons. The predicted octanol–water partition coefficient (Wildman–Crippen LogP) is 4.87. The Bertz CT molecular complexity index is 986. The quantitative estimate of drug-likeness (QED) is 0.503. The molecule has 32 heavy (non-hydrogen) atoms. The van der Waals surface area contributed by atoms with Crippen LogP contribution in [0.1, 0.15) is 34.7 Å². The Morgan fingerprint density at radius 1 is 0.781 bits per heavy atom. The number of ether oxygens (including phenoxy) is 1. The van der Waals surface area contributed by atoms with Gasteiger partial charge < -0.3 is 23.4 Å². The monoisotopic (exact) mass is 428 g/mol. The third-order valence-electron chi connectivity index (χ3n) is 6.12. The molecule has 5 nitrogen and oxygen atoms in total. The summed E-state index contributed by atoms with van der Waals surface area (Å²) in [5.74, 6) is 0.787. The molecule has 5 rings (SSSR count). The molecule has 0 bridgehead atoms. The van der Waals surface area contributed by atoms with E-state index in [4.69, 9.17) is 23.4 Å². The Hall–Kier alpha value is -2.57. The molecule has 7 heteroatoms. The van der Waals surface area contributed by atoms with Gasteiger partial charge >= 0.3 is 14.2 Å². The molecular weight excluding hydrogens is 402 g/mol. The molecule has 0 unspecified atom stereocenters. The van der Waals surface area contributed by atoms with Crippen LogP contribution < -0.4 is 4.74 Å². The van der Waals surface area contributed by atoms with E-state index in [2.05, 4.69) is 36.4 Å². The molecule has 2 heterocycles. The first-order valence-corrected chi connectivity index (χ1v) is 11.1. The summed E-state index contributed by atoms with van der Waals surface area (Å²) in [6.07, 6.45) is 0.506. The molecule has 2 fully saturated rings. The maximum absolute atomic E-state index is 6.38. The minimum atomic E-state index is -0.378. The molecule has 2 saturated heterocycles. The van der Waals surface area contributed by atoms with E-state index in [9.17, 15) is 0 Å². The SMILES string of the molecule is COc1ccc([C@H](CB2OC[C@H](c3ccccc3)O2)B2OC[C@H](c3ccccc3)O2)cc1. The number of rotatable bonds is 7. The lowest BCUT2D eigenvalue weighted by Crippen LogP contribution is -2.30. The minimum Gasteiger partial charge on any atom is -0.497 e. The summed E-state index contributed by atoms with van der Waals surface area (Å²) < 4.78 is 30.1. The Morgan fingerprint density at radius 2 is 1.38 bits per heavy atom. The zero-order valence-corrected chi connectivity index (χ0v) is 18.1. The van der Waals surface area contributed by atoms with Gasteiger partial charge in [0.2, 0.25) is 0 Å². The van der Waals surface area contributed by atoms with Gasteiger partial charge in [-0.15, -0.1) is 0 Å². The van der Waals surface area contributed by atoms with Gasteiger partial charge in [0.25, 0.3) is 0 Å². The molecule has 0 saturated carbocycles. The van der Waals surface area contributed by atoms with Gasteiger partial charge in [0, 0.05) is 5.82 Å². The van der Waals surface area contributed by atoms with Crippen LogP contribution in [0.2, 0.25) is 6.32 Å². The van der Waals surface area contributed by atoms with Gasteiger partial charge in [-0.25, -0.2) is 0 Å². The van der Waals surface area contributed by atoms with E-state index < -0.39 is 0 Å². The Balaban J connectivity index is 1.32. The lowest BCUT2D eigenvalue weighted by atomic mass is 9.58. The molecule has 0 amide bonds. The van der Waals surface area contributed by atoms with E-state index in [0.717, 1.165) is 22.4 Å². The van der Waals surface area contributed by atoms with Crippen molar-refractivity contribution in [2.45, 2.75) is 24.3 Å². The van der Waals surface area contributed by atoms with Crippen LogP contribution in [0.3, 0.4) is 0 Å². The first-order valence-electron chi connectivity index (χ1n) is 11.1. The molecule has 0 N–H and O–H groups in total. The highest BCUT2D eigenvalue weighted by atomic mass is 16.7. The minimum absolute atomic E-state index is 0.0332. The molecule has 3 atom stereocenters. The van der Waals surface area contributed by atoms with Gasteiger partial charge in [-0.1, -0.05) is 72.8 Å². The van der Waals surface area contributed by atoms with E-state index >= 15 is 0 Å². The second kappa shape index (κ2) is 9.92. The zero-order valence-electron chi connectivity index (χ0n) is 18.1. The molecule has 3 aromatic rings. The van der Waals surface area contributed by atoms with Gasteiger partial charge in [-0.3, -0.25) is 0 Å². The highest BCUT2D eigenvalue weighted by Crippen LogP contribution is 2.37. The van der Waals surface area contributed by atoms with Crippen LogP contribution in [0.25, 0.3) is 0 Å². The first kappa shape index (κ1) is 21.3. The number of hydrogen-bond donors (Lipinski definition) is 0. The summed E-state index contributed by atoms with van der Waals surface area (Å²) in [6.45, 7) is 1.07. The van der Waals surface area contributed by atoms with Crippen LogP contribution in [-0.4, -0.2) is 34.6 Å². The number of benzene rings is 3. The predicted molar refractivity (Wildman–Crippen MR) is 124 cm³/mol. The number of hydrogen-bond acceptors (Lipinski definition) is 5. The molecule has 3 aromatic carbocycles. The Kier molecular flexibility index (Phi) is 6.60. The van der Waals surface area contributed by atoms with Gasteiger partial charge in [-0.05, 0) is 35.1 Å². The summed E-state index contributed by atoms with van der Waals surface area (Å²) in [6, 6.07) is 28.5. The van der Waals surface area contributed by atoms with Crippen molar-refractivity contribution in [3.8, 4) is 5.75 Å². The lowest BCUT2D eigenvalue weighted by molar-refractivity contribution is 0.236. The summed E-state index contributed by atoms with van der Waals surface area (Å²) in [7, 11) is 0.969. The van der Waals surface area contributed by atoms with Crippen molar-refractivity contribution in [1.82, 2.24) is 0 Å². The Labute approximate surface area is 189 Å². The molecular formula is C25H26B2O5. The van der Waals surface area contributed by atoms with Crippen LogP contribution in [-0.2, 0) is 18.6 Å². The van der Waals surface area contributed by atoms with Crippen molar-refractivity contribution < 1.29 is 23.4 Å². The standard InChI is InChI=1S/C25H26B2O5/c1-28-22-14-12-19(13-15-22)23(27-30-18-25(32-27)21-10-6-3-7-11-21)16-26-29-17-24(31-26)20-8-4-2-5-9-20/h2-15,23-25H,16-18H2,1H3/t23-,24+,25+/m0/s1. The van der Waals surface area contributed by atoms with Gasteiger partial charge in [0.1, 0.15) is 5.75 Å². The van der Waals surface area contributed by atoms with E-state index in [0.29, 0.717) is 19.5 Å². The summed E-state index contributed by atoms with van der Waals surface area (Å²) in [5, 5.41) is 0. The largest absolute Gasteiger partial charge is 0.497 e. The Morgan fingerprint density at radius 3 is 2.00 bits per heavy atom. The summed E-state index contributed by atoms with van der Waals surface area (Å²) >= 11 is 0. The first-order chi connectivity index (χ1) is 15.8. The lowest BCUT2D eigenvalue weighted by Gasteiger charge is -2.21. The molecule has 2 aliphatic heterocycles. The van der Waals surface area contributed by atoms with Crippen LogP contribution in [0.15, 0.2) is 84.9 Å². The molecule has 0 spiro atoms. The van der Waals surface area contributed by atoms with Gasteiger partial charge in [-0.2, -0.15) is 0 Å². The fourth-order valence-corrected chi connectivity index (χ4v) is 4.36. The van der Waals surface area contributed by atoms with Crippen molar-refractivity contribution in [2.75, 3.05) is 20.3 Å². The van der Waals surface area contributed by atoms with Crippen molar-refractivity contribution in [3.05, 3.63) is 102 Å². The second-order valence-electron chi connectivity index (χ2n) is 8.15. The molecule has 0 aromatic heterocycles. The van der Waals surface area contributed by atoms with E-state index in [1.807, 2.05) is 48.5 Å². The highest BCUT2D eigenvalue weighted by molar-refractivity contribution is 6.53. The zero-order chi connectivity index (χ0) is 21.8. The van der Waals surface area contributed by atoms with E-state index in [-0.39, 0.29) is 32.3 Å². The van der Waals surface area contributed by atoms with E-state index in [1.165, 1.54) is 0 Å². The third-order valence-corrected chi connectivity index (χ3v) is 6.12. The van der Waals surface area contributed by atoms with Crippen LogP contribution in [0.4, 0.5) is 0 Å². The smallest absolute Gasteiger partial charge is 0.464 e. The topological polar surface area (TPSA) is 46.2 Å². The van der Waals surface area contributed by atoms with Crippen LogP contribution >= 0.6 is 0 Å². The molecule has 0 aliphatic carbocycles. The van der Waals surface area contributed by atoms with Crippen molar-refractivity contribution in [2.24, 2.45) is 0 Å². The molecule has 2 aliphatic rings. The van der Waals surface area contributed by atoms with Crippen molar-refractivity contribution in [3.63, 3.8) is 0 Å².